The predicted molar refractivity (Wildman–Crippen MR) is 68.5 cm³/mol. The Balaban J connectivity index is 1.67. The maximum absolute atomic E-state index is 11.6. The van der Waals surface area contributed by atoms with E-state index in [4.69, 9.17) is 4.42 Å². The van der Waals surface area contributed by atoms with Crippen LogP contribution in [-0.2, 0) is 6.54 Å². The van der Waals surface area contributed by atoms with Crippen LogP contribution in [0.3, 0.4) is 0 Å². The highest BCUT2D eigenvalue weighted by molar-refractivity contribution is 5.75. The Hall–Kier alpha value is -1.75. The van der Waals surface area contributed by atoms with Gasteiger partial charge in [0.2, 0.25) is 0 Å². The van der Waals surface area contributed by atoms with Crippen molar-refractivity contribution in [1.29, 1.82) is 0 Å². The molecule has 98 valence electrons. The summed E-state index contributed by atoms with van der Waals surface area (Å²) >= 11 is 0. The second-order valence-corrected chi connectivity index (χ2v) is 4.42. The molecule has 1 aromatic heterocycles. The van der Waals surface area contributed by atoms with Gasteiger partial charge in [-0.1, -0.05) is 6.08 Å². The monoisotopic (exact) mass is 249 g/mol. The molecule has 3 N–H and O–H groups in total. The number of nitrogens with one attached hydrogen (secondary N) is 3. The third kappa shape index (κ3) is 3.92. The molecule has 5 nitrogen and oxygen atoms in total. The molecule has 0 saturated heterocycles. The van der Waals surface area contributed by atoms with E-state index < -0.39 is 0 Å². The van der Waals surface area contributed by atoms with Gasteiger partial charge in [0.05, 0.1) is 6.54 Å². The first-order valence-electron chi connectivity index (χ1n) is 6.28. The fraction of sp³-hybridized carbons (Fsp3) is 0.462. The van der Waals surface area contributed by atoms with Crippen LogP contribution < -0.4 is 16.2 Å². The zero-order valence-corrected chi connectivity index (χ0v) is 10.6. The summed E-state index contributed by atoms with van der Waals surface area (Å²) in [6.07, 6.45) is 6.44. The number of carbonyl (C=O) groups is 1. The maximum atomic E-state index is 11.6. The van der Waals surface area contributed by atoms with Crippen LogP contribution >= 0.6 is 0 Å². The number of hydrogen-bond acceptors (Lipinski definition) is 3. The lowest BCUT2D eigenvalue weighted by atomic mass is 10.1. The van der Waals surface area contributed by atoms with Gasteiger partial charge in [0.1, 0.15) is 11.5 Å². The number of hydrogen-bond donors (Lipinski definition) is 3. The van der Waals surface area contributed by atoms with Crippen molar-refractivity contribution >= 4 is 6.03 Å². The van der Waals surface area contributed by atoms with Crippen molar-refractivity contribution in [2.75, 3.05) is 0 Å². The van der Waals surface area contributed by atoms with Crippen LogP contribution in [-0.4, -0.2) is 6.03 Å². The normalized spacial score (nSPS) is 15.1. The Kier molecular flexibility index (Phi) is 4.41. The van der Waals surface area contributed by atoms with E-state index in [9.17, 15) is 4.79 Å². The molecular weight excluding hydrogens is 230 g/mol. The fourth-order valence-electron chi connectivity index (χ4n) is 1.92. The predicted octanol–water partition coefficient (Wildman–Crippen LogP) is 2.35. The Morgan fingerprint density at radius 1 is 1.39 bits per heavy atom. The van der Waals surface area contributed by atoms with Crippen molar-refractivity contribution in [2.45, 2.75) is 39.2 Å². The highest BCUT2D eigenvalue weighted by Gasteiger charge is 2.07. The maximum Gasteiger partial charge on any atom is 0.333 e. The van der Waals surface area contributed by atoms with E-state index in [0.717, 1.165) is 36.5 Å². The molecule has 1 aromatic rings. The summed E-state index contributed by atoms with van der Waals surface area (Å²) < 4.78 is 5.37. The summed E-state index contributed by atoms with van der Waals surface area (Å²) in [5.74, 6) is 1.66. The fourth-order valence-corrected chi connectivity index (χ4v) is 1.92. The van der Waals surface area contributed by atoms with Crippen LogP contribution in [0.2, 0.25) is 0 Å². The Morgan fingerprint density at radius 3 is 2.94 bits per heavy atom. The summed E-state index contributed by atoms with van der Waals surface area (Å²) in [4.78, 5) is 11.6. The van der Waals surface area contributed by atoms with E-state index in [0.29, 0.717) is 6.54 Å². The van der Waals surface area contributed by atoms with E-state index in [-0.39, 0.29) is 6.03 Å². The lowest BCUT2D eigenvalue weighted by Crippen LogP contribution is -2.43. The molecule has 0 radical (unpaired) electrons. The summed E-state index contributed by atoms with van der Waals surface area (Å²) in [7, 11) is 0. The molecule has 0 bridgehead atoms. The third-order valence-electron chi connectivity index (χ3n) is 2.83. The summed E-state index contributed by atoms with van der Waals surface area (Å²) in [6.45, 7) is 2.36. The minimum absolute atomic E-state index is 0.230. The smallest absolute Gasteiger partial charge is 0.333 e. The summed E-state index contributed by atoms with van der Waals surface area (Å²) in [5.41, 5.74) is 6.42. The van der Waals surface area contributed by atoms with Crippen molar-refractivity contribution in [3.05, 3.63) is 35.4 Å². The van der Waals surface area contributed by atoms with Crippen LogP contribution in [0.5, 0.6) is 0 Å². The highest BCUT2D eigenvalue weighted by Crippen LogP contribution is 2.14. The molecule has 0 spiro atoms. The molecule has 0 aromatic carbocycles. The number of aryl methyl sites for hydroxylation is 1. The number of urea groups is 1. The van der Waals surface area contributed by atoms with Gasteiger partial charge in [0.15, 0.2) is 0 Å². The van der Waals surface area contributed by atoms with Gasteiger partial charge in [0, 0.05) is 5.70 Å². The van der Waals surface area contributed by atoms with Crippen molar-refractivity contribution in [2.24, 2.45) is 0 Å². The molecule has 2 rings (SSSR count). The quantitative estimate of drug-likeness (QED) is 0.718. The second kappa shape index (κ2) is 6.26. The topological polar surface area (TPSA) is 66.3 Å². The summed E-state index contributed by atoms with van der Waals surface area (Å²) in [5, 5.41) is 2.83. The van der Waals surface area contributed by atoms with Crippen LogP contribution in [0.1, 0.15) is 37.2 Å². The molecule has 1 heterocycles. The van der Waals surface area contributed by atoms with Crippen molar-refractivity contribution in [3.8, 4) is 0 Å². The van der Waals surface area contributed by atoms with Crippen molar-refractivity contribution in [3.63, 3.8) is 0 Å². The van der Waals surface area contributed by atoms with Gasteiger partial charge in [-0.3, -0.25) is 5.43 Å². The number of furan rings is 1. The van der Waals surface area contributed by atoms with Gasteiger partial charge in [0.25, 0.3) is 0 Å². The number of hydrazine groups is 1. The molecular formula is C13H19N3O2. The molecule has 2 amide bonds. The average molecular weight is 249 g/mol. The van der Waals surface area contributed by atoms with Crippen LogP contribution in [0.25, 0.3) is 0 Å². The largest absolute Gasteiger partial charge is 0.465 e. The van der Waals surface area contributed by atoms with Crippen molar-refractivity contribution < 1.29 is 9.21 Å². The highest BCUT2D eigenvalue weighted by atomic mass is 16.3. The molecule has 1 aliphatic rings. The van der Waals surface area contributed by atoms with Crippen molar-refractivity contribution in [1.82, 2.24) is 16.2 Å². The lowest BCUT2D eigenvalue weighted by molar-refractivity contribution is 0.237. The molecule has 5 heteroatoms. The molecule has 1 aliphatic carbocycles. The zero-order chi connectivity index (χ0) is 12.8. The standard InChI is InChI=1S/C13H19N3O2/c1-10-7-8-12(18-10)9-14-16-13(17)15-11-5-3-2-4-6-11/h5,7-8,14H,2-4,6,9H2,1H3,(H2,15,16,17). The van der Waals surface area contributed by atoms with E-state index >= 15 is 0 Å². The van der Waals surface area contributed by atoms with E-state index in [1.54, 1.807) is 0 Å². The molecule has 0 atom stereocenters. The Bertz CT molecular complexity index is 437. The van der Waals surface area contributed by atoms with E-state index in [1.165, 1.54) is 6.42 Å². The first kappa shape index (κ1) is 12.7. The minimum Gasteiger partial charge on any atom is -0.465 e. The third-order valence-corrected chi connectivity index (χ3v) is 2.83. The van der Waals surface area contributed by atoms with Gasteiger partial charge in [-0.25, -0.2) is 10.2 Å². The number of allylic oxidation sites excluding steroid dienone is 2. The zero-order valence-electron chi connectivity index (χ0n) is 10.6. The first-order chi connectivity index (χ1) is 8.74. The average Bonchev–Trinajstić information content (AvgIpc) is 2.76. The Labute approximate surface area is 107 Å². The number of rotatable bonds is 4. The number of carbonyl (C=O) groups excluding carboxylic acids is 1. The van der Waals surface area contributed by atoms with Gasteiger partial charge in [-0.2, -0.15) is 0 Å². The van der Waals surface area contributed by atoms with Gasteiger partial charge >= 0.3 is 6.03 Å². The Morgan fingerprint density at radius 2 is 2.28 bits per heavy atom. The van der Waals surface area contributed by atoms with E-state index in [2.05, 4.69) is 22.2 Å². The van der Waals surface area contributed by atoms with E-state index in [1.807, 2.05) is 19.1 Å². The van der Waals surface area contributed by atoms with Crippen LogP contribution in [0.15, 0.2) is 28.3 Å². The first-order valence-corrected chi connectivity index (χ1v) is 6.28. The summed E-state index contributed by atoms with van der Waals surface area (Å²) in [6, 6.07) is 3.54. The number of amides is 2. The SMILES string of the molecule is Cc1ccc(CNNC(=O)NC2=CCCCC2)o1. The molecule has 18 heavy (non-hydrogen) atoms. The molecule has 0 fully saturated rings. The van der Waals surface area contributed by atoms with Gasteiger partial charge < -0.3 is 9.73 Å². The minimum atomic E-state index is -0.230. The van der Waals surface area contributed by atoms with Crippen LogP contribution in [0.4, 0.5) is 4.79 Å². The second-order valence-electron chi connectivity index (χ2n) is 4.42. The van der Waals surface area contributed by atoms with Gasteiger partial charge in [-0.15, -0.1) is 0 Å². The molecule has 0 aliphatic heterocycles. The molecule has 0 saturated carbocycles. The van der Waals surface area contributed by atoms with Crippen LogP contribution in [0, 0.1) is 6.92 Å². The molecule has 0 unspecified atom stereocenters. The lowest BCUT2D eigenvalue weighted by Gasteiger charge is -2.14. The van der Waals surface area contributed by atoms with Gasteiger partial charge in [-0.05, 0) is 44.7 Å².